The normalized spacial score (nSPS) is 22.4. The maximum Gasteiger partial charge on any atom is 0.321 e. The van der Waals surface area contributed by atoms with Gasteiger partial charge >= 0.3 is 6.03 Å². The van der Waals surface area contributed by atoms with Crippen molar-refractivity contribution in [3.8, 4) is 0 Å². The van der Waals surface area contributed by atoms with Crippen LogP contribution in [0.1, 0.15) is 54.9 Å². The molecule has 0 aromatic carbocycles. The van der Waals surface area contributed by atoms with E-state index in [1.54, 1.807) is 6.92 Å². The molecule has 0 saturated heterocycles. The Kier molecular flexibility index (Phi) is 4.75. The quantitative estimate of drug-likeness (QED) is 0.840. The van der Waals surface area contributed by atoms with Gasteiger partial charge in [0.1, 0.15) is 0 Å². The number of hydrogen-bond acceptors (Lipinski definition) is 4. The summed E-state index contributed by atoms with van der Waals surface area (Å²) in [7, 11) is 0. The van der Waals surface area contributed by atoms with Crippen molar-refractivity contribution < 1.29 is 9.59 Å². The molecule has 1 aliphatic rings. The highest BCUT2D eigenvalue weighted by Crippen LogP contribution is 2.25. The summed E-state index contributed by atoms with van der Waals surface area (Å²) >= 11 is 1.23. The number of Topliss-reactive ketones (excluding diaryl/α,β-unsaturated/α-hetero) is 1. The third kappa shape index (κ3) is 3.56. The van der Waals surface area contributed by atoms with Crippen LogP contribution in [0, 0.1) is 12.8 Å². The number of aryl methyl sites for hydroxylation is 1. The fraction of sp³-hybridized carbons (Fsp3) is 0.643. The van der Waals surface area contributed by atoms with Crippen molar-refractivity contribution in [2.24, 2.45) is 5.92 Å². The molecule has 1 saturated carbocycles. The Hall–Kier alpha value is -1.43. The van der Waals surface area contributed by atoms with Crippen LogP contribution in [0.25, 0.3) is 0 Å². The van der Waals surface area contributed by atoms with Crippen LogP contribution in [0.3, 0.4) is 0 Å². The van der Waals surface area contributed by atoms with Crippen LogP contribution in [0.5, 0.6) is 0 Å². The van der Waals surface area contributed by atoms with E-state index >= 15 is 0 Å². The van der Waals surface area contributed by atoms with Crippen LogP contribution in [-0.4, -0.2) is 22.8 Å². The third-order valence-corrected chi connectivity index (χ3v) is 4.94. The monoisotopic (exact) mass is 295 g/mol. The zero-order valence-corrected chi connectivity index (χ0v) is 13.0. The minimum Gasteiger partial charge on any atom is -0.335 e. The number of anilines is 1. The van der Waals surface area contributed by atoms with Crippen molar-refractivity contribution in [2.75, 3.05) is 5.32 Å². The molecule has 0 radical (unpaired) electrons. The van der Waals surface area contributed by atoms with Crippen molar-refractivity contribution in [1.29, 1.82) is 0 Å². The van der Waals surface area contributed by atoms with E-state index in [0.29, 0.717) is 21.6 Å². The fourth-order valence-electron chi connectivity index (χ4n) is 2.61. The Morgan fingerprint density at radius 2 is 2.00 bits per heavy atom. The molecule has 1 aromatic heterocycles. The maximum absolute atomic E-state index is 12.0. The molecule has 1 aliphatic carbocycles. The largest absolute Gasteiger partial charge is 0.335 e. The van der Waals surface area contributed by atoms with Gasteiger partial charge in [0.05, 0.1) is 10.6 Å². The van der Waals surface area contributed by atoms with Gasteiger partial charge in [-0.25, -0.2) is 9.78 Å². The fourth-order valence-corrected chi connectivity index (χ4v) is 3.47. The summed E-state index contributed by atoms with van der Waals surface area (Å²) in [6.07, 6.45) is 4.61. The molecular formula is C14H21N3O2S. The molecular weight excluding hydrogens is 274 g/mol. The van der Waals surface area contributed by atoms with E-state index in [9.17, 15) is 9.59 Å². The van der Waals surface area contributed by atoms with E-state index in [1.807, 2.05) is 0 Å². The zero-order chi connectivity index (χ0) is 14.7. The average Bonchev–Trinajstić information content (AvgIpc) is 2.73. The Labute approximate surface area is 123 Å². The van der Waals surface area contributed by atoms with E-state index < -0.39 is 0 Å². The van der Waals surface area contributed by atoms with Gasteiger partial charge < -0.3 is 5.32 Å². The van der Waals surface area contributed by atoms with Crippen molar-refractivity contribution in [1.82, 2.24) is 10.3 Å². The van der Waals surface area contributed by atoms with Crippen molar-refractivity contribution in [3.63, 3.8) is 0 Å². The second-order valence-corrected chi connectivity index (χ2v) is 6.46. The van der Waals surface area contributed by atoms with Gasteiger partial charge in [0.25, 0.3) is 0 Å². The van der Waals surface area contributed by atoms with Gasteiger partial charge in [-0.15, -0.1) is 0 Å². The topological polar surface area (TPSA) is 71.1 Å². The van der Waals surface area contributed by atoms with Crippen LogP contribution < -0.4 is 10.6 Å². The minimum absolute atomic E-state index is 0.0191. The molecule has 2 atom stereocenters. The Balaban J connectivity index is 1.94. The maximum atomic E-state index is 12.0. The van der Waals surface area contributed by atoms with E-state index in [1.165, 1.54) is 31.1 Å². The first kappa shape index (κ1) is 15.0. The number of nitrogens with zero attached hydrogens (tertiary/aromatic N) is 1. The van der Waals surface area contributed by atoms with Crippen LogP contribution >= 0.6 is 11.3 Å². The van der Waals surface area contributed by atoms with E-state index in [-0.39, 0.29) is 17.9 Å². The van der Waals surface area contributed by atoms with Gasteiger partial charge in [-0.05, 0) is 25.7 Å². The van der Waals surface area contributed by atoms with Crippen molar-refractivity contribution >= 4 is 28.3 Å². The molecule has 110 valence electrons. The summed E-state index contributed by atoms with van der Waals surface area (Å²) in [5, 5.41) is 6.22. The number of carbonyl (C=O) groups excluding carboxylic acids is 2. The number of thiazole rings is 1. The first-order valence-corrected chi connectivity index (χ1v) is 7.85. The Bertz CT molecular complexity index is 513. The SMILES string of the molecule is CC(=O)c1sc(NC(=O)NC2CCCCC2C)nc1C. The molecule has 5 nitrogen and oxygen atoms in total. The lowest BCUT2D eigenvalue weighted by molar-refractivity contribution is 0.102. The second-order valence-electron chi connectivity index (χ2n) is 5.46. The number of hydrogen-bond donors (Lipinski definition) is 2. The molecule has 2 unspecified atom stereocenters. The number of carbonyl (C=O) groups is 2. The standard InChI is InChI=1S/C14H21N3O2S/c1-8-6-4-5-7-11(8)16-13(19)17-14-15-9(2)12(20-14)10(3)18/h8,11H,4-7H2,1-3H3,(H2,15,16,17,19). The van der Waals surface area contributed by atoms with Gasteiger partial charge in [0.15, 0.2) is 10.9 Å². The van der Waals surface area contributed by atoms with Crippen LogP contribution in [0.15, 0.2) is 0 Å². The van der Waals surface area contributed by atoms with Gasteiger partial charge in [-0.1, -0.05) is 31.1 Å². The summed E-state index contributed by atoms with van der Waals surface area (Å²) in [6, 6.07) is 0.00434. The lowest BCUT2D eigenvalue weighted by Gasteiger charge is -2.29. The first-order chi connectivity index (χ1) is 9.47. The molecule has 0 bridgehead atoms. The average molecular weight is 295 g/mol. The van der Waals surface area contributed by atoms with E-state index in [0.717, 1.165) is 12.8 Å². The summed E-state index contributed by atoms with van der Waals surface area (Å²) in [5.41, 5.74) is 0.670. The Morgan fingerprint density at radius 1 is 1.30 bits per heavy atom. The Morgan fingerprint density at radius 3 is 2.60 bits per heavy atom. The smallest absolute Gasteiger partial charge is 0.321 e. The third-order valence-electron chi connectivity index (χ3n) is 3.76. The second kappa shape index (κ2) is 6.35. The minimum atomic E-state index is -0.229. The molecule has 2 amide bonds. The predicted molar refractivity (Wildman–Crippen MR) is 80.4 cm³/mol. The van der Waals surface area contributed by atoms with Crippen LogP contribution in [0.4, 0.5) is 9.93 Å². The predicted octanol–water partition coefficient (Wildman–Crippen LogP) is 3.35. The molecule has 2 rings (SSSR count). The summed E-state index contributed by atoms with van der Waals surface area (Å²) < 4.78 is 0. The summed E-state index contributed by atoms with van der Waals surface area (Å²) in [5.74, 6) is 0.495. The molecule has 1 aromatic rings. The van der Waals surface area contributed by atoms with Crippen LogP contribution in [-0.2, 0) is 0 Å². The number of rotatable bonds is 3. The number of amides is 2. The van der Waals surface area contributed by atoms with E-state index in [4.69, 9.17) is 0 Å². The molecule has 1 heterocycles. The van der Waals surface area contributed by atoms with Gasteiger partial charge in [-0.3, -0.25) is 10.1 Å². The van der Waals surface area contributed by atoms with E-state index in [2.05, 4.69) is 22.5 Å². The van der Waals surface area contributed by atoms with Gasteiger partial charge in [0, 0.05) is 13.0 Å². The zero-order valence-electron chi connectivity index (χ0n) is 12.2. The highest BCUT2D eigenvalue weighted by molar-refractivity contribution is 7.17. The molecule has 1 fully saturated rings. The first-order valence-electron chi connectivity index (χ1n) is 7.03. The number of urea groups is 1. The summed E-state index contributed by atoms with van der Waals surface area (Å²) in [6.45, 7) is 5.46. The molecule has 0 aliphatic heterocycles. The molecule has 0 spiro atoms. The van der Waals surface area contributed by atoms with Gasteiger partial charge in [0.2, 0.25) is 0 Å². The highest BCUT2D eigenvalue weighted by Gasteiger charge is 2.23. The highest BCUT2D eigenvalue weighted by atomic mass is 32.1. The van der Waals surface area contributed by atoms with Gasteiger partial charge in [-0.2, -0.15) is 0 Å². The molecule has 20 heavy (non-hydrogen) atoms. The number of nitrogens with one attached hydrogen (secondary N) is 2. The van der Waals surface area contributed by atoms with Crippen LogP contribution in [0.2, 0.25) is 0 Å². The van der Waals surface area contributed by atoms with Crippen molar-refractivity contribution in [3.05, 3.63) is 10.6 Å². The number of ketones is 1. The molecule has 6 heteroatoms. The lowest BCUT2D eigenvalue weighted by atomic mass is 9.86. The summed E-state index contributed by atoms with van der Waals surface area (Å²) in [4.78, 5) is 28.2. The van der Waals surface area contributed by atoms with Crippen molar-refractivity contribution in [2.45, 2.75) is 52.5 Å². The lowest BCUT2D eigenvalue weighted by Crippen LogP contribution is -2.43. The molecule has 2 N–H and O–H groups in total. The number of aromatic nitrogens is 1.